The molecular weight excluding hydrogens is 270 g/mol. The highest BCUT2D eigenvalue weighted by Gasteiger charge is 2.43. The van der Waals surface area contributed by atoms with Gasteiger partial charge in [0.1, 0.15) is 0 Å². The number of esters is 1. The second kappa shape index (κ2) is 7.25. The summed E-state index contributed by atoms with van der Waals surface area (Å²) in [6.07, 6.45) is 1.38. The molecule has 0 aromatic rings. The molecule has 124 valence electrons. The highest BCUT2D eigenvalue weighted by Crippen LogP contribution is 2.41. The fraction of sp³-hybridized carbons (Fsp3) is 0.875. The third kappa shape index (κ3) is 5.30. The van der Waals surface area contributed by atoms with Crippen LogP contribution in [0.2, 0.25) is 0 Å². The number of carbonyl (C=O) groups excluding carboxylic acids is 1. The van der Waals surface area contributed by atoms with Crippen LogP contribution in [0.1, 0.15) is 54.4 Å². The predicted octanol–water partition coefficient (Wildman–Crippen LogP) is 2.69. The Labute approximate surface area is 128 Å². The number of nitrogens with one attached hydrogen (secondary N) is 1. The largest absolute Gasteiger partial charge is 0.481 e. The quantitative estimate of drug-likeness (QED) is 0.506. The van der Waals surface area contributed by atoms with Gasteiger partial charge in [-0.25, -0.2) is 0 Å². The Kier molecular flexibility index (Phi) is 6.87. The minimum absolute atomic E-state index is 0.209. The summed E-state index contributed by atoms with van der Waals surface area (Å²) < 4.78 is 4.88. The number of methoxy groups -OCH3 is 1. The first-order valence-electron chi connectivity index (χ1n) is 7.41. The highest BCUT2D eigenvalue weighted by atomic mass is 16.5. The number of hydrogen-bond acceptors (Lipinski definition) is 4. The van der Waals surface area contributed by atoms with E-state index in [9.17, 15) is 9.59 Å². The fourth-order valence-corrected chi connectivity index (χ4v) is 1.88. The SMILES string of the molecule is COC(=O)C(C)(C)C(C)(C)CCNCCC(C)(C)C(=O)O. The number of carboxylic acids is 1. The van der Waals surface area contributed by atoms with Gasteiger partial charge in [-0.1, -0.05) is 13.8 Å². The molecule has 0 radical (unpaired) electrons. The Morgan fingerprint density at radius 1 is 1.00 bits per heavy atom. The summed E-state index contributed by atoms with van der Waals surface area (Å²) in [7, 11) is 1.41. The van der Waals surface area contributed by atoms with Crippen molar-refractivity contribution in [2.45, 2.75) is 54.4 Å². The van der Waals surface area contributed by atoms with Gasteiger partial charge in [0.2, 0.25) is 0 Å². The van der Waals surface area contributed by atoms with E-state index in [2.05, 4.69) is 5.32 Å². The number of rotatable bonds is 9. The van der Waals surface area contributed by atoms with Gasteiger partial charge in [-0.15, -0.1) is 0 Å². The average molecular weight is 301 g/mol. The number of hydrogen-bond donors (Lipinski definition) is 2. The van der Waals surface area contributed by atoms with Crippen molar-refractivity contribution in [1.82, 2.24) is 5.32 Å². The van der Waals surface area contributed by atoms with Crippen LogP contribution < -0.4 is 5.32 Å². The molecule has 0 aromatic heterocycles. The Morgan fingerprint density at radius 2 is 1.48 bits per heavy atom. The first-order chi connectivity index (χ1) is 9.38. The van der Waals surface area contributed by atoms with Gasteiger partial charge in [-0.05, 0) is 59.0 Å². The second-order valence-corrected chi connectivity index (χ2v) is 7.44. The lowest BCUT2D eigenvalue weighted by Crippen LogP contribution is -2.42. The maximum Gasteiger partial charge on any atom is 0.311 e. The van der Waals surface area contributed by atoms with E-state index in [4.69, 9.17) is 9.84 Å². The van der Waals surface area contributed by atoms with Crippen molar-refractivity contribution in [3.8, 4) is 0 Å². The summed E-state index contributed by atoms with van der Waals surface area (Å²) >= 11 is 0. The van der Waals surface area contributed by atoms with Crippen LogP contribution in [0.25, 0.3) is 0 Å². The summed E-state index contributed by atoms with van der Waals surface area (Å²) in [5.74, 6) is -0.990. The van der Waals surface area contributed by atoms with Crippen molar-refractivity contribution >= 4 is 11.9 Å². The highest BCUT2D eigenvalue weighted by molar-refractivity contribution is 5.76. The first-order valence-corrected chi connectivity index (χ1v) is 7.41. The summed E-state index contributed by atoms with van der Waals surface area (Å²) in [6.45, 7) is 12.7. The zero-order valence-corrected chi connectivity index (χ0v) is 14.5. The number of carbonyl (C=O) groups is 2. The van der Waals surface area contributed by atoms with Crippen molar-refractivity contribution in [2.24, 2.45) is 16.2 Å². The smallest absolute Gasteiger partial charge is 0.311 e. The van der Waals surface area contributed by atoms with Crippen LogP contribution in [-0.2, 0) is 14.3 Å². The Morgan fingerprint density at radius 3 is 1.90 bits per heavy atom. The van der Waals surface area contributed by atoms with Crippen LogP contribution in [-0.4, -0.2) is 37.2 Å². The minimum atomic E-state index is -0.781. The maximum absolute atomic E-state index is 11.9. The van der Waals surface area contributed by atoms with Gasteiger partial charge >= 0.3 is 11.9 Å². The molecule has 0 amide bonds. The van der Waals surface area contributed by atoms with Gasteiger partial charge in [0.15, 0.2) is 0 Å². The molecule has 0 spiro atoms. The Balaban J connectivity index is 4.29. The van der Waals surface area contributed by atoms with E-state index in [-0.39, 0.29) is 11.4 Å². The molecule has 0 aromatic carbocycles. The van der Waals surface area contributed by atoms with Crippen LogP contribution >= 0.6 is 0 Å². The molecule has 0 saturated heterocycles. The molecular formula is C16H31NO4. The molecule has 5 nitrogen and oxygen atoms in total. The van der Waals surface area contributed by atoms with Crippen molar-refractivity contribution in [3.05, 3.63) is 0 Å². The summed E-state index contributed by atoms with van der Waals surface area (Å²) in [4.78, 5) is 22.9. The number of carboxylic acid groups (broad SMARTS) is 1. The van der Waals surface area contributed by atoms with Crippen LogP contribution in [0.3, 0.4) is 0 Å². The van der Waals surface area contributed by atoms with Crippen molar-refractivity contribution < 1.29 is 19.4 Å². The topological polar surface area (TPSA) is 75.6 Å². The average Bonchev–Trinajstić information content (AvgIpc) is 2.36. The van der Waals surface area contributed by atoms with E-state index in [0.717, 1.165) is 13.0 Å². The van der Waals surface area contributed by atoms with E-state index in [1.807, 2.05) is 27.7 Å². The molecule has 0 aliphatic rings. The van der Waals surface area contributed by atoms with Crippen LogP contribution in [0, 0.1) is 16.2 Å². The van der Waals surface area contributed by atoms with Crippen LogP contribution in [0.5, 0.6) is 0 Å². The third-order valence-corrected chi connectivity index (χ3v) is 4.82. The molecule has 0 fully saturated rings. The van der Waals surface area contributed by atoms with Gasteiger partial charge in [0, 0.05) is 0 Å². The van der Waals surface area contributed by atoms with Crippen LogP contribution in [0.4, 0.5) is 0 Å². The lowest BCUT2D eigenvalue weighted by atomic mass is 9.66. The standard InChI is InChI=1S/C16H31NO4/c1-14(2,12(18)19)8-10-17-11-9-15(3,4)16(5,6)13(20)21-7/h17H,8-11H2,1-7H3,(H,18,19). The van der Waals surface area contributed by atoms with E-state index in [1.165, 1.54) is 7.11 Å². The predicted molar refractivity (Wildman–Crippen MR) is 83.1 cm³/mol. The maximum atomic E-state index is 11.9. The molecule has 0 unspecified atom stereocenters. The van der Waals surface area contributed by atoms with Crippen LogP contribution in [0.15, 0.2) is 0 Å². The van der Waals surface area contributed by atoms with Gasteiger partial charge in [-0.2, -0.15) is 0 Å². The molecule has 0 aliphatic heterocycles. The van der Waals surface area contributed by atoms with Crippen molar-refractivity contribution in [2.75, 3.05) is 20.2 Å². The summed E-state index contributed by atoms with van der Waals surface area (Å²) in [5.41, 5.74) is -1.49. The molecule has 2 N–H and O–H groups in total. The number of aliphatic carboxylic acids is 1. The number of ether oxygens (including phenoxy) is 1. The Hall–Kier alpha value is -1.10. The molecule has 0 saturated carbocycles. The zero-order chi connectivity index (χ0) is 16.9. The Bertz CT molecular complexity index is 372. The second-order valence-electron chi connectivity index (χ2n) is 7.44. The minimum Gasteiger partial charge on any atom is -0.481 e. The van der Waals surface area contributed by atoms with Gasteiger partial charge in [-0.3, -0.25) is 9.59 Å². The van der Waals surface area contributed by atoms with Gasteiger partial charge < -0.3 is 15.2 Å². The molecule has 0 bridgehead atoms. The third-order valence-electron chi connectivity index (χ3n) is 4.82. The lowest BCUT2D eigenvalue weighted by Gasteiger charge is -2.39. The lowest BCUT2D eigenvalue weighted by molar-refractivity contribution is -0.158. The molecule has 21 heavy (non-hydrogen) atoms. The molecule has 0 atom stereocenters. The zero-order valence-electron chi connectivity index (χ0n) is 14.5. The molecule has 5 heteroatoms. The summed E-state index contributed by atoms with van der Waals surface area (Å²) in [5, 5.41) is 12.3. The molecule has 0 rings (SSSR count). The van der Waals surface area contributed by atoms with Gasteiger partial charge in [0.05, 0.1) is 17.9 Å². The molecule has 0 heterocycles. The summed E-state index contributed by atoms with van der Waals surface area (Å²) in [6, 6.07) is 0. The van der Waals surface area contributed by atoms with E-state index in [1.54, 1.807) is 13.8 Å². The van der Waals surface area contributed by atoms with E-state index < -0.39 is 16.8 Å². The van der Waals surface area contributed by atoms with Crippen molar-refractivity contribution in [3.63, 3.8) is 0 Å². The normalized spacial score (nSPS) is 13.1. The van der Waals surface area contributed by atoms with Gasteiger partial charge in [0.25, 0.3) is 0 Å². The van der Waals surface area contributed by atoms with Crippen molar-refractivity contribution in [1.29, 1.82) is 0 Å². The monoisotopic (exact) mass is 301 g/mol. The molecule has 0 aliphatic carbocycles. The van der Waals surface area contributed by atoms with E-state index >= 15 is 0 Å². The van der Waals surface area contributed by atoms with E-state index in [0.29, 0.717) is 13.0 Å². The first kappa shape index (κ1) is 19.9. The fourth-order valence-electron chi connectivity index (χ4n) is 1.88.